The van der Waals surface area contributed by atoms with Crippen LogP contribution in [-0.2, 0) is 21.2 Å². The molecule has 14 heteroatoms. The van der Waals surface area contributed by atoms with E-state index in [9.17, 15) is 26.4 Å². The molecular formula is C27H35F3N4O5S2. The van der Waals surface area contributed by atoms with Gasteiger partial charge in [-0.1, -0.05) is 20.3 Å². The third-order valence-electron chi connectivity index (χ3n) is 7.00. The van der Waals surface area contributed by atoms with Crippen LogP contribution in [0.2, 0.25) is 0 Å². The number of hydrogen-bond donors (Lipinski definition) is 3. The second-order valence-electron chi connectivity index (χ2n) is 10.3. The van der Waals surface area contributed by atoms with E-state index in [2.05, 4.69) is 30.3 Å². The minimum atomic E-state index is -5.08. The van der Waals surface area contributed by atoms with Gasteiger partial charge in [0.1, 0.15) is 0 Å². The summed E-state index contributed by atoms with van der Waals surface area (Å²) >= 11 is 1.66. The van der Waals surface area contributed by atoms with Gasteiger partial charge in [-0.05, 0) is 62.1 Å². The Bertz CT molecular complexity index is 1470. The number of thiazole rings is 1. The van der Waals surface area contributed by atoms with Gasteiger partial charge >= 0.3 is 12.1 Å². The molecule has 4 N–H and O–H groups in total. The molecule has 1 amide bonds. The number of aromatic nitrogens is 2. The molecule has 1 aliphatic rings. The number of aryl methyl sites for hydroxylation is 1. The molecule has 2 aromatic heterocycles. The Balaban J connectivity index is 0.000000587. The van der Waals surface area contributed by atoms with Gasteiger partial charge in [0.25, 0.3) is 5.91 Å². The van der Waals surface area contributed by atoms with E-state index in [0.29, 0.717) is 24.6 Å². The number of amides is 1. The number of piperidine rings is 1. The predicted octanol–water partition coefficient (Wildman–Crippen LogP) is 5.53. The van der Waals surface area contributed by atoms with E-state index < -0.39 is 28.1 Å². The van der Waals surface area contributed by atoms with Crippen molar-refractivity contribution >= 4 is 44.1 Å². The monoisotopic (exact) mass is 616 g/mol. The molecule has 1 saturated heterocycles. The number of carboxylic acid groups (broad SMARTS) is 1. The number of aliphatic carboxylic acids is 1. The van der Waals surface area contributed by atoms with Crippen molar-refractivity contribution in [3.8, 4) is 11.3 Å². The molecule has 3 aromatic rings. The van der Waals surface area contributed by atoms with Gasteiger partial charge in [0.15, 0.2) is 0 Å². The first-order chi connectivity index (χ1) is 19.1. The van der Waals surface area contributed by atoms with Crippen LogP contribution in [-0.4, -0.2) is 64.7 Å². The standard InChI is InChI=1S/C25H34N4O3S2.C2HF3O2/c1-4-34(31,32)29-10-8-17(9-11-29)21-14-27-24-19(21)12-18(13-20(24)25(26)30)22-15-33-23(28-22)7-5-6-16(2)3;3-2(4,5)1(6)7/h12-17,27H,4-11H2,1-3H3,(H2,26,30);(H,6,7). The molecule has 1 aliphatic heterocycles. The Morgan fingerprint density at radius 2 is 1.88 bits per heavy atom. The lowest BCUT2D eigenvalue weighted by Crippen LogP contribution is -2.38. The zero-order valence-electron chi connectivity index (χ0n) is 23.1. The number of primary amides is 1. The molecule has 0 atom stereocenters. The van der Waals surface area contributed by atoms with E-state index in [1.54, 1.807) is 22.6 Å². The van der Waals surface area contributed by atoms with Crippen molar-refractivity contribution in [3.05, 3.63) is 39.8 Å². The fourth-order valence-electron chi connectivity index (χ4n) is 4.78. The molecule has 41 heavy (non-hydrogen) atoms. The third kappa shape index (κ3) is 8.29. The van der Waals surface area contributed by atoms with Crippen molar-refractivity contribution < 1.29 is 36.3 Å². The maximum atomic E-state index is 12.3. The molecule has 0 spiro atoms. The second kappa shape index (κ2) is 13.3. The number of carbonyl (C=O) groups is 2. The number of alkyl halides is 3. The number of rotatable bonds is 9. The lowest BCUT2D eigenvalue weighted by atomic mass is 9.89. The highest BCUT2D eigenvalue weighted by Gasteiger charge is 2.38. The Morgan fingerprint density at radius 1 is 1.24 bits per heavy atom. The first-order valence-corrected chi connectivity index (χ1v) is 15.8. The molecule has 0 saturated carbocycles. The van der Waals surface area contributed by atoms with Crippen LogP contribution >= 0.6 is 11.3 Å². The van der Waals surface area contributed by atoms with Crippen LogP contribution in [0.25, 0.3) is 22.2 Å². The van der Waals surface area contributed by atoms with Crippen molar-refractivity contribution in [2.45, 2.75) is 65.0 Å². The maximum absolute atomic E-state index is 12.3. The highest BCUT2D eigenvalue weighted by molar-refractivity contribution is 7.89. The smallest absolute Gasteiger partial charge is 0.475 e. The number of nitrogens with one attached hydrogen (secondary N) is 1. The molecule has 226 valence electrons. The minimum absolute atomic E-state index is 0.128. The summed E-state index contributed by atoms with van der Waals surface area (Å²) in [6, 6.07) is 3.92. The maximum Gasteiger partial charge on any atom is 0.490 e. The summed E-state index contributed by atoms with van der Waals surface area (Å²) in [5.41, 5.74) is 9.81. The van der Waals surface area contributed by atoms with Gasteiger partial charge in [-0.3, -0.25) is 4.79 Å². The number of aromatic amines is 1. The summed E-state index contributed by atoms with van der Waals surface area (Å²) in [5.74, 6) is -2.21. The molecule has 0 unspecified atom stereocenters. The van der Waals surface area contributed by atoms with Crippen LogP contribution in [0.15, 0.2) is 23.7 Å². The number of carboxylic acids is 1. The number of carbonyl (C=O) groups excluding carboxylic acids is 1. The van der Waals surface area contributed by atoms with Crippen molar-refractivity contribution in [1.29, 1.82) is 0 Å². The number of fused-ring (bicyclic) bond motifs is 1. The van der Waals surface area contributed by atoms with Crippen molar-refractivity contribution in [1.82, 2.24) is 14.3 Å². The van der Waals surface area contributed by atoms with Crippen molar-refractivity contribution in [2.75, 3.05) is 18.8 Å². The molecule has 4 rings (SSSR count). The quantitative estimate of drug-likeness (QED) is 0.288. The summed E-state index contributed by atoms with van der Waals surface area (Å²) in [7, 11) is -3.17. The molecule has 0 aliphatic carbocycles. The number of H-pyrrole nitrogens is 1. The SMILES string of the molecule is CCS(=O)(=O)N1CCC(c2c[nH]c3c(C(N)=O)cc(-c4csc(CCCC(C)C)n4)cc23)CC1.O=C(O)C(F)(F)F. The van der Waals surface area contributed by atoms with Gasteiger partial charge in [-0.25, -0.2) is 22.5 Å². The molecule has 0 radical (unpaired) electrons. The fourth-order valence-corrected chi connectivity index (χ4v) is 6.76. The first kappa shape index (κ1) is 32.5. The Hall–Kier alpha value is -2.97. The lowest BCUT2D eigenvalue weighted by molar-refractivity contribution is -0.192. The topological polar surface area (TPSA) is 146 Å². The number of sulfonamides is 1. The summed E-state index contributed by atoms with van der Waals surface area (Å²) < 4.78 is 57.8. The Labute approximate surface area is 241 Å². The Kier molecular flexibility index (Phi) is 10.6. The summed E-state index contributed by atoms with van der Waals surface area (Å²) in [4.78, 5) is 29.3. The van der Waals surface area contributed by atoms with E-state index >= 15 is 0 Å². The number of benzene rings is 1. The van der Waals surface area contributed by atoms with E-state index in [1.807, 2.05) is 12.3 Å². The molecule has 1 aromatic carbocycles. The van der Waals surface area contributed by atoms with Crippen LogP contribution < -0.4 is 5.73 Å². The molecular weight excluding hydrogens is 581 g/mol. The normalized spacial score (nSPS) is 15.2. The van der Waals surface area contributed by atoms with Crippen molar-refractivity contribution in [3.63, 3.8) is 0 Å². The summed E-state index contributed by atoms with van der Waals surface area (Å²) in [6.07, 6.45) is 1.62. The number of hydrogen-bond acceptors (Lipinski definition) is 6. The van der Waals surface area contributed by atoms with Gasteiger partial charge in [0, 0.05) is 35.6 Å². The summed E-state index contributed by atoms with van der Waals surface area (Å²) in [6.45, 7) is 7.18. The third-order valence-corrected chi connectivity index (χ3v) is 9.79. The molecule has 3 heterocycles. The zero-order chi connectivity index (χ0) is 30.5. The first-order valence-electron chi connectivity index (χ1n) is 13.3. The van der Waals surface area contributed by atoms with Gasteiger partial charge in [-0.15, -0.1) is 11.3 Å². The van der Waals surface area contributed by atoms with E-state index in [4.69, 9.17) is 20.6 Å². The largest absolute Gasteiger partial charge is 0.490 e. The minimum Gasteiger partial charge on any atom is -0.475 e. The number of nitrogens with zero attached hydrogens (tertiary/aromatic N) is 2. The van der Waals surface area contributed by atoms with Crippen molar-refractivity contribution in [2.24, 2.45) is 11.7 Å². The summed E-state index contributed by atoms with van der Waals surface area (Å²) in [5, 5.41) is 11.3. The zero-order valence-corrected chi connectivity index (χ0v) is 24.8. The van der Waals surface area contributed by atoms with Crippen LogP contribution in [0.4, 0.5) is 13.2 Å². The van der Waals surface area contributed by atoms with E-state index in [-0.39, 0.29) is 11.7 Å². The predicted molar refractivity (Wildman–Crippen MR) is 152 cm³/mol. The van der Waals surface area contributed by atoms with Gasteiger partial charge in [0.05, 0.1) is 27.5 Å². The number of nitrogens with two attached hydrogens (primary N) is 1. The van der Waals surface area contributed by atoms with Crippen LogP contribution in [0, 0.1) is 5.92 Å². The Morgan fingerprint density at radius 3 is 2.41 bits per heavy atom. The molecule has 9 nitrogen and oxygen atoms in total. The average molecular weight is 617 g/mol. The average Bonchev–Trinajstić information content (AvgIpc) is 3.55. The fraction of sp³-hybridized carbons (Fsp3) is 0.519. The molecule has 0 bridgehead atoms. The second-order valence-corrected chi connectivity index (χ2v) is 13.5. The van der Waals surface area contributed by atoms with Crippen LogP contribution in [0.5, 0.6) is 0 Å². The highest BCUT2D eigenvalue weighted by atomic mass is 32.2. The number of halogens is 3. The van der Waals surface area contributed by atoms with Gasteiger partial charge in [0.2, 0.25) is 10.0 Å². The van der Waals surface area contributed by atoms with E-state index in [1.165, 1.54) is 6.42 Å². The highest BCUT2D eigenvalue weighted by Crippen LogP contribution is 2.37. The van der Waals surface area contributed by atoms with E-state index in [0.717, 1.165) is 58.4 Å². The van der Waals surface area contributed by atoms with Crippen LogP contribution in [0.1, 0.15) is 73.3 Å². The van der Waals surface area contributed by atoms with Gasteiger partial charge < -0.3 is 15.8 Å². The molecule has 1 fully saturated rings. The van der Waals surface area contributed by atoms with Crippen LogP contribution in [0.3, 0.4) is 0 Å². The van der Waals surface area contributed by atoms with Gasteiger partial charge in [-0.2, -0.15) is 13.2 Å². The lowest BCUT2D eigenvalue weighted by Gasteiger charge is -2.31.